The Kier molecular flexibility index (Phi) is 5.04. The van der Waals surface area contributed by atoms with E-state index in [1.165, 1.54) is 0 Å². The van der Waals surface area contributed by atoms with Gasteiger partial charge in [0.25, 0.3) is 0 Å². The number of nitrogens with one attached hydrogen (secondary N) is 1. The third-order valence-corrected chi connectivity index (χ3v) is 2.73. The van der Waals surface area contributed by atoms with Gasteiger partial charge < -0.3 is 9.47 Å². The third kappa shape index (κ3) is 3.17. The Hall–Kier alpha value is -0.620. The maximum absolute atomic E-state index is 5.43. The lowest BCUT2D eigenvalue weighted by Gasteiger charge is -2.16. The number of hydrogen-bond donors (Lipinski definition) is 2. The van der Waals surface area contributed by atoms with Gasteiger partial charge in [-0.25, -0.2) is 0 Å². The van der Waals surface area contributed by atoms with Crippen LogP contribution in [0.2, 0.25) is 0 Å². The van der Waals surface area contributed by atoms with Gasteiger partial charge in [0, 0.05) is 7.11 Å². The number of ether oxygens (including phenoxy) is 2. The number of nitrogens with two attached hydrogens (primary N) is 1. The minimum absolute atomic E-state index is 0.0165. The summed E-state index contributed by atoms with van der Waals surface area (Å²) < 4.78 is 11.1. The van der Waals surface area contributed by atoms with E-state index < -0.39 is 0 Å². The molecule has 1 rings (SSSR count). The minimum atomic E-state index is -0.0165. The summed E-state index contributed by atoms with van der Waals surface area (Å²) in [4.78, 5) is 0. The van der Waals surface area contributed by atoms with Crippen LogP contribution >= 0.6 is 15.9 Å². The number of rotatable bonds is 5. The first-order chi connectivity index (χ1) is 7.22. The van der Waals surface area contributed by atoms with Crippen molar-refractivity contribution in [3.8, 4) is 5.75 Å². The highest BCUT2D eigenvalue weighted by Gasteiger charge is 2.11. The number of hydrazine groups is 1. The highest BCUT2D eigenvalue weighted by molar-refractivity contribution is 9.10. The second-order valence-electron chi connectivity index (χ2n) is 3.07. The van der Waals surface area contributed by atoms with E-state index in [1.54, 1.807) is 14.2 Å². The molecule has 1 aromatic rings. The standard InChI is InChI=1S/C10H15BrN2O2/c1-14-6-9(13-12)7-3-4-10(15-2)8(11)5-7/h3-5,9,13H,6,12H2,1-2H3. The fourth-order valence-electron chi connectivity index (χ4n) is 1.31. The Labute approximate surface area is 97.8 Å². The van der Waals surface area contributed by atoms with Gasteiger partial charge in [0.1, 0.15) is 5.75 Å². The van der Waals surface area contributed by atoms with Crippen LogP contribution in [0.5, 0.6) is 5.75 Å². The predicted molar refractivity (Wildman–Crippen MR) is 62.6 cm³/mol. The van der Waals surface area contributed by atoms with Crippen LogP contribution in [0.1, 0.15) is 11.6 Å². The molecule has 0 fully saturated rings. The molecule has 15 heavy (non-hydrogen) atoms. The van der Waals surface area contributed by atoms with E-state index in [4.69, 9.17) is 15.3 Å². The average Bonchev–Trinajstić information content (AvgIpc) is 2.25. The first kappa shape index (κ1) is 12.4. The molecule has 0 aliphatic heterocycles. The molecule has 5 heteroatoms. The van der Waals surface area contributed by atoms with Crippen LogP contribution in [0, 0.1) is 0 Å². The van der Waals surface area contributed by atoms with Gasteiger partial charge in [-0.3, -0.25) is 11.3 Å². The van der Waals surface area contributed by atoms with E-state index in [0.717, 1.165) is 15.8 Å². The fourth-order valence-corrected chi connectivity index (χ4v) is 1.86. The van der Waals surface area contributed by atoms with Crippen molar-refractivity contribution in [3.63, 3.8) is 0 Å². The molecule has 1 unspecified atom stereocenters. The first-order valence-corrected chi connectivity index (χ1v) is 5.30. The van der Waals surface area contributed by atoms with Crippen LogP contribution in [-0.2, 0) is 4.74 Å². The molecule has 4 nitrogen and oxygen atoms in total. The van der Waals surface area contributed by atoms with Gasteiger partial charge in [0.15, 0.2) is 0 Å². The van der Waals surface area contributed by atoms with E-state index >= 15 is 0 Å². The van der Waals surface area contributed by atoms with Crippen molar-refractivity contribution in [1.29, 1.82) is 0 Å². The quantitative estimate of drug-likeness (QED) is 0.633. The summed E-state index contributed by atoms with van der Waals surface area (Å²) in [5, 5.41) is 0. The molecule has 1 atom stereocenters. The van der Waals surface area contributed by atoms with Crippen molar-refractivity contribution in [3.05, 3.63) is 28.2 Å². The summed E-state index contributed by atoms with van der Waals surface area (Å²) in [6, 6.07) is 5.78. The Morgan fingerprint density at radius 3 is 2.67 bits per heavy atom. The Bertz CT molecular complexity index is 320. The molecular formula is C10H15BrN2O2. The Morgan fingerprint density at radius 1 is 1.47 bits per heavy atom. The third-order valence-electron chi connectivity index (χ3n) is 2.11. The molecule has 0 spiro atoms. The average molecular weight is 275 g/mol. The Balaban J connectivity index is 2.89. The molecule has 0 aromatic heterocycles. The number of halogens is 1. The van der Waals surface area contributed by atoms with Crippen molar-refractivity contribution < 1.29 is 9.47 Å². The van der Waals surface area contributed by atoms with E-state index in [9.17, 15) is 0 Å². The molecule has 0 aliphatic rings. The number of benzene rings is 1. The van der Waals surface area contributed by atoms with Gasteiger partial charge in [-0.1, -0.05) is 6.07 Å². The highest BCUT2D eigenvalue weighted by Crippen LogP contribution is 2.27. The van der Waals surface area contributed by atoms with Crippen LogP contribution in [0.3, 0.4) is 0 Å². The van der Waals surface area contributed by atoms with E-state index in [-0.39, 0.29) is 6.04 Å². The summed E-state index contributed by atoms with van der Waals surface area (Å²) in [7, 11) is 3.27. The van der Waals surface area contributed by atoms with E-state index in [2.05, 4.69) is 21.4 Å². The molecule has 3 N–H and O–H groups in total. The smallest absolute Gasteiger partial charge is 0.133 e. The van der Waals surface area contributed by atoms with Crippen LogP contribution in [-0.4, -0.2) is 20.8 Å². The summed E-state index contributed by atoms with van der Waals surface area (Å²) in [5.41, 5.74) is 3.75. The lowest BCUT2D eigenvalue weighted by Crippen LogP contribution is -2.31. The van der Waals surface area contributed by atoms with Gasteiger partial charge in [-0.2, -0.15) is 0 Å². The topological polar surface area (TPSA) is 56.5 Å². The summed E-state index contributed by atoms with van der Waals surface area (Å²) >= 11 is 3.42. The van der Waals surface area contributed by atoms with Gasteiger partial charge in [0.2, 0.25) is 0 Å². The highest BCUT2D eigenvalue weighted by atomic mass is 79.9. The minimum Gasteiger partial charge on any atom is -0.496 e. The number of hydrogen-bond acceptors (Lipinski definition) is 4. The summed E-state index contributed by atoms with van der Waals surface area (Å²) in [6.45, 7) is 0.523. The van der Waals surface area contributed by atoms with Crippen LogP contribution < -0.4 is 16.0 Å². The zero-order valence-electron chi connectivity index (χ0n) is 8.79. The van der Waals surface area contributed by atoms with Crippen LogP contribution in [0.15, 0.2) is 22.7 Å². The maximum atomic E-state index is 5.43. The molecular weight excluding hydrogens is 260 g/mol. The van der Waals surface area contributed by atoms with E-state index in [0.29, 0.717) is 6.61 Å². The largest absolute Gasteiger partial charge is 0.496 e. The molecule has 84 valence electrons. The molecule has 0 amide bonds. The van der Waals surface area contributed by atoms with Crippen molar-refractivity contribution in [1.82, 2.24) is 5.43 Å². The molecule has 0 radical (unpaired) electrons. The van der Waals surface area contributed by atoms with Crippen molar-refractivity contribution in [2.75, 3.05) is 20.8 Å². The molecule has 0 heterocycles. The molecule has 0 bridgehead atoms. The first-order valence-electron chi connectivity index (χ1n) is 4.51. The Morgan fingerprint density at radius 2 is 2.20 bits per heavy atom. The normalized spacial score (nSPS) is 12.5. The van der Waals surface area contributed by atoms with Gasteiger partial charge in [0.05, 0.1) is 24.2 Å². The van der Waals surface area contributed by atoms with Gasteiger partial charge >= 0.3 is 0 Å². The molecule has 0 aliphatic carbocycles. The van der Waals surface area contributed by atoms with Crippen molar-refractivity contribution >= 4 is 15.9 Å². The van der Waals surface area contributed by atoms with Crippen LogP contribution in [0.25, 0.3) is 0 Å². The lowest BCUT2D eigenvalue weighted by atomic mass is 10.1. The van der Waals surface area contributed by atoms with E-state index in [1.807, 2.05) is 18.2 Å². The predicted octanol–water partition coefficient (Wildman–Crippen LogP) is 1.61. The zero-order valence-corrected chi connectivity index (χ0v) is 10.4. The summed E-state index contributed by atoms with van der Waals surface area (Å²) in [5.74, 6) is 6.23. The zero-order chi connectivity index (χ0) is 11.3. The van der Waals surface area contributed by atoms with Gasteiger partial charge in [-0.15, -0.1) is 0 Å². The lowest BCUT2D eigenvalue weighted by molar-refractivity contribution is 0.167. The fraction of sp³-hybridized carbons (Fsp3) is 0.400. The SMILES string of the molecule is COCC(NN)c1ccc(OC)c(Br)c1. The molecule has 0 saturated carbocycles. The van der Waals surface area contributed by atoms with Crippen LogP contribution in [0.4, 0.5) is 0 Å². The summed E-state index contributed by atoms with van der Waals surface area (Å²) in [6.07, 6.45) is 0. The maximum Gasteiger partial charge on any atom is 0.133 e. The second kappa shape index (κ2) is 6.07. The molecule has 0 saturated heterocycles. The van der Waals surface area contributed by atoms with Gasteiger partial charge in [-0.05, 0) is 33.6 Å². The van der Waals surface area contributed by atoms with Crippen molar-refractivity contribution in [2.24, 2.45) is 5.84 Å². The van der Waals surface area contributed by atoms with Crippen molar-refractivity contribution in [2.45, 2.75) is 6.04 Å². The molecule has 1 aromatic carbocycles. The monoisotopic (exact) mass is 274 g/mol. The second-order valence-corrected chi connectivity index (χ2v) is 3.92. The number of methoxy groups -OCH3 is 2.